The van der Waals surface area contributed by atoms with E-state index in [2.05, 4.69) is 31.3 Å². The van der Waals surface area contributed by atoms with Crippen molar-refractivity contribution in [2.75, 3.05) is 11.9 Å². The zero-order valence-electron chi connectivity index (χ0n) is 20.1. The average molecular weight is 606 g/mol. The molecule has 1 N–H and O–H groups in total. The number of benzene rings is 4. The van der Waals surface area contributed by atoms with Gasteiger partial charge in [0.1, 0.15) is 11.6 Å². The molecule has 0 unspecified atom stereocenters. The number of fused-ring (bicyclic) bond motifs is 1. The molecule has 0 spiro atoms. The largest absolute Gasteiger partial charge is 0.482 e. The molecule has 7 nitrogen and oxygen atoms in total. The third kappa shape index (κ3) is 5.89. The first-order valence-corrected chi connectivity index (χ1v) is 12.9. The highest BCUT2D eigenvalue weighted by Crippen LogP contribution is 2.32. The molecule has 0 atom stereocenters. The molecule has 10 heteroatoms. The maximum absolute atomic E-state index is 13.9. The van der Waals surface area contributed by atoms with E-state index in [1.54, 1.807) is 36.4 Å². The van der Waals surface area contributed by atoms with Crippen molar-refractivity contribution in [1.29, 1.82) is 0 Å². The Morgan fingerprint density at radius 3 is 2.56 bits per heavy atom. The summed E-state index contributed by atoms with van der Waals surface area (Å²) in [6.07, 6.45) is 1.41. The van der Waals surface area contributed by atoms with E-state index < -0.39 is 18.3 Å². The Hall–Kier alpha value is -4.34. The topological polar surface area (TPSA) is 85.6 Å². The molecule has 0 aliphatic heterocycles. The van der Waals surface area contributed by atoms with Crippen molar-refractivity contribution in [2.45, 2.75) is 0 Å². The Morgan fingerprint density at radius 1 is 1.05 bits per heavy atom. The highest BCUT2D eigenvalue weighted by molar-refractivity contribution is 9.10. The van der Waals surface area contributed by atoms with Crippen LogP contribution in [0.25, 0.3) is 22.3 Å². The van der Waals surface area contributed by atoms with Crippen molar-refractivity contribution in [1.82, 2.24) is 9.66 Å². The molecule has 0 radical (unpaired) electrons. The van der Waals surface area contributed by atoms with Crippen LogP contribution in [0.2, 0.25) is 5.02 Å². The second-order valence-corrected chi connectivity index (χ2v) is 9.59. The van der Waals surface area contributed by atoms with Crippen molar-refractivity contribution in [2.24, 2.45) is 5.10 Å². The lowest BCUT2D eigenvalue weighted by Crippen LogP contribution is -2.21. The summed E-state index contributed by atoms with van der Waals surface area (Å²) in [4.78, 5) is 30.6. The van der Waals surface area contributed by atoms with Gasteiger partial charge in [-0.05, 0) is 52.3 Å². The minimum Gasteiger partial charge on any atom is -0.482 e. The van der Waals surface area contributed by atoms with Crippen LogP contribution in [0, 0.1) is 5.82 Å². The summed E-state index contributed by atoms with van der Waals surface area (Å²) in [6.45, 7) is -0.415. The molecule has 5 rings (SSSR count). The van der Waals surface area contributed by atoms with Crippen LogP contribution in [0.4, 0.5) is 10.1 Å². The van der Waals surface area contributed by atoms with Crippen LogP contribution in [0.1, 0.15) is 5.56 Å². The molecule has 0 aliphatic carbocycles. The normalized spacial score (nSPS) is 11.2. The van der Waals surface area contributed by atoms with Crippen molar-refractivity contribution < 1.29 is 13.9 Å². The van der Waals surface area contributed by atoms with Crippen molar-refractivity contribution >= 4 is 56.2 Å². The first-order chi connectivity index (χ1) is 18.9. The molecule has 0 saturated carbocycles. The molecule has 1 amide bonds. The third-order valence-electron chi connectivity index (χ3n) is 5.63. The van der Waals surface area contributed by atoms with Gasteiger partial charge in [-0.1, -0.05) is 66.2 Å². The number of carbonyl (C=O) groups excluding carboxylic acids is 1. The standard InChI is InChI=1S/C29H19BrClFN4O3/c30-22-15-20(31)14-19(27(22)39-17-26(37)34-25-13-7-5-11-23(25)32)16-33-36-28(18-8-2-1-3-9-18)35-24-12-6-4-10-21(24)29(36)38/h1-16H,17H2,(H,34,37). The summed E-state index contributed by atoms with van der Waals surface area (Å²) in [5, 5.41) is 7.71. The third-order valence-corrected chi connectivity index (χ3v) is 6.44. The minimum absolute atomic E-state index is 0.0414. The van der Waals surface area contributed by atoms with E-state index >= 15 is 0 Å². The van der Waals surface area contributed by atoms with Crippen molar-refractivity contribution in [3.8, 4) is 17.1 Å². The van der Waals surface area contributed by atoms with Gasteiger partial charge in [-0.3, -0.25) is 9.59 Å². The Bertz CT molecular complexity index is 1780. The first-order valence-electron chi connectivity index (χ1n) is 11.7. The van der Waals surface area contributed by atoms with Gasteiger partial charge in [0.15, 0.2) is 12.4 Å². The first kappa shape index (κ1) is 26.3. The molecule has 0 saturated heterocycles. The Labute approximate surface area is 235 Å². The zero-order valence-corrected chi connectivity index (χ0v) is 22.5. The predicted molar refractivity (Wildman–Crippen MR) is 154 cm³/mol. The molecule has 1 heterocycles. The number of halogens is 3. The lowest BCUT2D eigenvalue weighted by molar-refractivity contribution is -0.118. The van der Waals surface area contributed by atoms with Crippen molar-refractivity contribution in [3.05, 3.63) is 122 Å². The van der Waals surface area contributed by atoms with E-state index in [-0.39, 0.29) is 17.0 Å². The molecule has 0 fully saturated rings. The van der Waals surface area contributed by atoms with Gasteiger partial charge in [0, 0.05) is 16.1 Å². The predicted octanol–water partition coefficient (Wildman–Crippen LogP) is 6.52. The number of carbonyl (C=O) groups is 1. The quantitative estimate of drug-likeness (QED) is 0.214. The van der Waals surface area contributed by atoms with E-state index in [9.17, 15) is 14.0 Å². The fourth-order valence-electron chi connectivity index (χ4n) is 3.84. The SMILES string of the molecule is O=C(COc1c(Br)cc(Cl)cc1C=Nn1c(-c2ccccc2)nc2ccccc2c1=O)Nc1ccccc1F. The van der Waals surface area contributed by atoms with E-state index in [0.717, 1.165) is 0 Å². The van der Waals surface area contributed by atoms with Gasteiger partial charge >= 0.3 is 0 Å². The number of rotatable bonds is 7. The van der Waals surface area contributed by atoms with Gasteiger partial charge in [-0.2, -0.15) is 9.78 Å². The molecule has 0 bridgehead atoms. The molecule has 5 aromatic rings. The number of hydrogen-bond acceptors (Lipinski definition) is 5. The number of nitrogens with zero attached hydrogens (tertiary/aromatic N) is 3. The molecule has 4 aromatic carbocycles. The van der Waals surface area contributed by atoms with Crippen LogP contribution in [0.15, 0.2) is 105 Å². The summed E-state index contributed by atoms with van der Waals surface area (Å²) < 4.78 is 21.3. The number of nitrogens with one attached hydrogen (secondary N) is 1. The van der Waals surface area contributed by atoms with Crippen molar-refractivity contribution in [3.63, 3.8) is 0 Å². The van der Waals surface area contributed by atoms with Gasteiger partial charge in [0.25, 0.3) is 11.5 Å². The molecular weight excluding hydrogens is 587 g/mol. The Balaban J connectivity index is 1.50. The second kappa shape index (κ2) is 11.6. The second-order valence-electron chi connectivity index (χ2n) is 8.30. The highest BCUT2D eigenvalue weighted by atomic mass is 79.9. The van der Waals surface area contributed by atoms with Gasteiger partial charge in [-0.15, -0.1) is 0 Å². The number of anilines is 1. The summed E-state index contributed by atoms with van der Waals surface area (Å²) in [5.41, 5.74) is 1.32. The van der Waals surface area contributed by atoms with Gasteiger partial charge in [0.05, 0.1) is 27.3 Å². The summed E-state index contributed by atoms with van der Waals surface area (Å²) in [6, 6.07) is 25.3. The molecular formula is C29H19BrClFN4O3. The van der Waals surface area contributed by atoms with Crippen LogP contribution in [0.3, 0.4) is 0 Å². The summed E-state index contributed by atoms with van der Waals surface area (Å²) in [5.74, 6) is -0.514. The fourth-order valence-corrected chi connectivity index (χ4v) is 4.79. The van der Waals surface area contributed by atoms with Gasteiger partial charge < -0.3 is 10.1 Å². The number of ether oxygens (including phenoxy) is 1. The number of hydrogen-bond donors (Lipinski definition) is 1. The molecule has 1 aromatic heterocycles. The summed E-state index contributed by atoms with van der Waals surface area (Å²) >= 11 is 9.69. The van der Waals surface area contributed by atoms with Crippen LogP contribution in [-0.2, 0) is 4.79 Å². The number of aromatic nitrogens is 2. The maximum atomic E-state index is 13.9. The van der Waals surface area contributed by atoms with Gasteiger partial charge in [0.2, 0.25) is 0 Å². The minimum atomic E-state index is -0.564. The zero-order chi connectivity index (χ0) is 27.4. The highest BCUT2D eigenvalue weighted by Gasteiger charge is 2.15. The summed E-state index contributed by atoms with van der Waals surface area (Å²) in [7, 11) is 0. The molecule has 194 valence electrons. The van der Waals surface area contributed by atoms with Crippen LogP contribution < -0.4 is 15.6 Å². The van der Waals surface area contributed by atoms with Gasteiger partial charge in [-0.25, -0.2) is 9.37 Å². The Morgan fingerprint density at radius 2 is 1.77 bits per heavy atom. The monoisotopic (exact) mass is 604 g/mol. The number of amides is 1. The number of para-hydroxylation sites is 2. The lowest BCUT2D eigenvalue weighted by atomic mass is 10.2. The van der Waals surface area contributed by atoms with E-state index in [1.165, 1.54) is 29.1 Å². The van der Waals surface area contributed by atoms with Crippen LogP contribution >= 0.6 is 27.5 Å². The lowest BCUT2D eigenvalue weighted by Gasteiger charge is -2.13. The molecule has 39 heavy (non-hydrogen) atoms. The maximum Gasteiger partial charge on any atom is 0.282 e. The average Bonchev–Trinajstić information content (AvgIpc) is 2.93. The smallest absolute Gasteiger partial charge is 0.282 e. The van der Waals surface area contributed by atoms with E-state index in [1.807, 2.05) is 36.4 Å². The van der Waals surface area contributed by atoms with Crippen LogP contribution in [-0.4, -0.2) is 28.4 Å². The Kier molecular flexibility index (Phi) is 7.81. The van der Waals surface area contributed by atoms with Crippen LogP contribution in [0.5, 0.6) is 5.75 Å². The van der Waals surface area contributed by atoms with E-state index in [4.69, 9.17) is 16.3 Å². The van der Waals surface area contributed by atoms with E-state index in [0.29, 0.717) is 37.3 Å². The fraction of sp³-hybridized carbons (Fsp3) is 0.0345. The molecule has 0 aliphatic rings.